The summed E-state index contributed by atoms with van der Waals surface area (Å²) in [5.41, 5.74) is 1.62. The second-order valence-electron chi connectivity index (χ2n) is 3.46. The molecule has 0 radical (unpaired) electrons. The molecule has 1 aromatic carbocycles. The third-order valence-corrected chi connectivity index (χ3v) is 4.00. The van der Waals surface area contributed by atoms with Crippen molar-refractivity contribution in [2.45, 2.75) is 13.5 Å². The van der Waals surface area contributed by atoms with Crippen LogP contribution in [0.5, 0.6) is 0 Å². The van der Waals surface area contributed by atoms with Crippen LogP contribution in [-0.4, -0.2) is 3.96 Å². The molecule has 0 fully saturated rings. The Morgan fingerprint density at radius 2 is 1.88 bits per heavy atom. The van der Waals surface area contributed by atoms with E-state index >= 15 is 0 Å². The van der Waals surface area contributed by atoms with Gasteiger partial charge in [0.1, 0.15) is 4.34 Å². The molecular weight excluding hydrogens is 265 g/mol. The third-order valence-electron chi connectivity index (χ3n) is 2.27. The first-order valence-corrected chi connectivity index (χ1v) is 6.21. The lowest BCUT2D eigenvalue weighted by atomic mass is 10.2. The predicted octanol–water partition coefficient (Wildman–Crippen LogP) is 3.57. The molecule has 1 aromatic heterocycles. The fraction of sp³-hybridized carbons (Fsp3) is 0.182. The van der Waals surface area contributed by atoms with E-state index in [0.29, 0.717) is 21.5 Å². The minimum absolute atomic E-state index is 0.0232. The number of hydrogen-bond acceptors (Lipinski definition) is 2. The zero-order valence-corrected chi connectivity index (χ0v) is 10.9. The SMILES string of the molecule is Cc1c(Cl)sn(Cc2ccc(Cl)cc2)c1=O. The second kappa shape index (κ2) is 4.62. The second-order valence-corrected chi connectivity index (χ2v) is 5.53. The smallest absolute Gasteiger partial charge is 0.265 e. The van der Waals surface area contributed by atoms with Crippen LogP contribution in [0.3, 0.4) is 0 Å². The molecule has 2 aromatic rings. The highest BCUT2D eigenvalue weighted by molar-refractivity contribution is 7.11. The quantitative estimate of drug-likeness (QED) is 0.820. The first-order chi connectivity index (χ1) is 7.58. The van der Waals surface area contributed by atoms with Crippen LogP contribution >= 0.6 is 34.7 Å². The van der Waals surface area contributed by atoms with Gasteiger partial charge in [0.05, 0.1) is 6.54 Å². The molecule has 0 atom stereocenters. The summed E-state index contributed by atoms with van der Waals surface area (Å²) in [4.78, 5) is 11.7. The van der Waals surface area contributed by atoms with Crippen molar-refractivity contribution in [3.63, 3.8) is 0 Å². The van der Waals surface area contributed by atoms with Crippen molar-refractivity contribution in [2.75, 3.05) is 0 Å². The molecule has 2 rings (SSSR count). The molecule has 0 saturated carbocycles. The number of aromatic nitrogens is 1. The Morgan fingerprint density at radius 3 is 2.38 bits per heavy atom. The van der Waals surface area contributed by atoms with Crippen LogP contribution in [0, 0.1) is 6.92 Å². The molecular formula is C11H9Cl2NOS. The standard InChI is InChI=1S/C11H9Cl2NOS/c1-7-10(13)16-14(11(7)15)6-8-2-4-9(12)5-3-8/h2-5H,6H2,1H3. The van der Waals surface area contributed by atoms with E-state index in [1.165, 1.54) is 11.5 Å². The number of nitrogens with zero attached hydrogens (tertiary/aromatic N) is 1. The number of benzene rings is 1. The molecule has 1 heterocycles. The van der Waals surface area contributed by atoms with Crippen LogP contribution < -0.4 is 5.56 Å². The molecule has 5 heteroatoms. The van der Waals surface area contributed by atoms with E-state index in [9.17, 15) is 4.79 Å². The van der Waals surface area contributed by atoms with E-state index in [0.717, 1.165) is 5.56 Å². The van der Waals surface area contributed by atoms with Crippen LogP contribution in [0.25, 0.3) is 0 Å². The lowest BCUT2D eigenvalue weighted by molar-refractivity contribution is 0.844. The van der Waals surface area contributed by atoms with E-state index in [4.69, 9.17) is 23.2 Å². The highest BCUT2D eigenvalue weighted by Crippen LogP contribution is 2.19. The molecule has 2 nitrogen and oxygen atoms in total. The molecule has 84 valence electrons. The highest BCUT2D eigenvalue weighted by Gasteiger charge is 2.08. The summed E-state index contributed by atoms with van der Waals surface area (Å²) >= 11 is 13.0. The maximum absolute atomic E-state index is 11.7. The number of hydrogen-bond donors (Lipinski definition) is 0. The summed E-state index contributed by atoms with van der Waals surface area (Å²) in [6.45, 7) is 2.27. The zero-order chi connectivity index (χ0) is 11.7. The summed E-state index contributed by atoms with van der Waals surface area (Å²) in [5.74, 6) is 0. The Hall–Kier alpha value is -0.770. The van der Waals surface area contributed by atoms with E-state index in [1.54, 1.807) is 10.9 Å². The summed E-state index contributed by atoms with van der Waals surface area (Å²) in [6, 6.07) is 7.42. The van der Waals surface area contributed by atoms with Gasteiger partial charge in [-0.1, -0.05) is 35.3 Å². The van der Waals surface area contributed by atoms with Crippen LogP contribution in [0.4, 0.5) is 0 Å². The zero-order valence-electron chi connectivity index (χ0n) is 8.54. The minimum Gasteiger partial charge on any atom is -0.268 e. The van der Waals surface area contributed by atoms with Crippen molar-refractivity contribution in [3.8, 4) is 0 Å². The Morgan fingerprint density at radius 1 is 1.25 bits per heavy atom. The van der Waals surface area contributed by atoms with Crippen LogP contribution in [0.1, 0.15) is 11.1 Å². The van der Waals surface area contributed by atoms with Gasteiger partial charge in [0.25, 0.3) is 5.56 Å². The van der Waals surface area contributed by atoms with Gasteiger partial charge in [0.2, 0.25) is 0 Å². The number of halogens is 2. The van der Waals surface area contributed by atoms with Gasteiger partial charge in [0.15, 0.2) is 0 Å². The van der Waals surface area contributed by atoms with Gasteiger partial charge >= 0.3 is 0 Å². The molecule has 0 aliphatic rings. The minimum atomic E-state index is -0.0232. The van der Waals surface area contributed by atoms with Crippen molar-refractivity contribution in [2.24, 2.45) is 0 Å². The molecule has 0 spiro atoms. The van der Waals surface area contributed by atoms with Crippen LogP contribution in [0.15, 0.2) is 29.1 Å². The van der Waals surface area contributed by atoms with E-state index in [-0.39, 0.29) is 5.56 Å². The largest absolute Gasteiger partial charge is 0.268 e. The number of rotatable bonds is 2. The average Bonchev–Trinajstić information content (AvgIpc) is 2.50. The average molecular weight is 274 g/mol. The fourth-order valence-electron chi connectivity index (χ4n) is 1.34. The summed E-state index contributed by atoms with van der Waals surface area (Å²) in [6.07, 6.45) is 0. The topological polar surface area (TPSA) is 22.0 Å². The van der Waals surface area contributed by atoms with Crippen molar-refractivity contribution in [1.29, 1.82) is 0 Å². The summed E-state index contributed by atoms with van der Waals surface area (Å²) in [7, 11) is 0. The van der Waals surface area contributed by atoms with Crippen LogP contribution in [0.2, 0.25) is 9.36 Å². The van der Waals surface area contributed by atoms with E-state index < -0.39 is 0 Å². The van der Waals surface area contributed by atoms with Gasteiger partial charge < -0.3 is 0 Å². The maximum Gasteiger partial charge on any atom is 0.265 e. The molecule has 0 aliphatic carbocycles. The normalized spacial score (nSPS) is 10.7. The van der Waals surface area contributed by atoms with Crippen LogP contribution in [-0.2, 0) is 6.54 Å². The fourth-order valence-corrected chi connectivity index (χ4v) is 2.65. The highest BCUT2D eigenvalue weighted by atomic mass is 35.5. The van der Waals surface area contributed by atoms with E-state index in [1.807, 2.05) is 24.3 Å². The Kier molecular flexibility index (Phi) is 3.38. The van der Waals surface area contributed by atoms with Gasteiger partial charge in [-0.25, -0.2) is 0 Å². The first kappa shape index (κ1) is 11.7. The molecule has 0 N–H and O–H groups in total. The van der Waals surface area contributed by atoms with Crippen molar-refractivity contribution < 1.29 is 0 Å². The van der Waals surface area contributed by atoms with Gasteiger partial charge in [0, 0.05) is 10.6 Å². The van der Waals surface area contributed by atoms with Crippen molar-refractivity contribution in [3.05, 3.63) is 55.1 Å². The Labute approximate surface area is 107 Å². The first-order valence-electron chi connectivity index (χ1n) is 4.68. The Balaban J connectivity index is 2.30. The van der Waals surface area contributed by atoms with Crippen molar-refractivity contribution in [1.82, 2.24) is 3.96 Å². The molecule has 16 heavy (non-hydrogen) atoms. The van der Waals surface area contributed by atoms with Crippen molar-refractivity contribution >= 4 is 34.7 Å². The maximum atomic E-state index is 11.7. The molecule has 0 bridgehead atoms. The molecule has 0 unspecified atom stereocenters. The Bertz CT molecular complexity index is 556. The summed E-state index contributed by atoms with van der Waals surface area (Å²) in [5, 5.41) is 0.691. The third kappa shape index (κ3) is 2.32. The molecule has 0 saturated heterocycles. The van der Waals surface area contributed by atoms with E-state index in [2.05, 4.69) is 0 Å². The lowest BCUT2D eigenvalue weighted by Gasteiger charge is -2.00. The van der Waals surface area contributed by atoms with Gasteiger partial charge in [-0.15, -0.1) is 0 Å². The van der Waals surface area contributed by atoms with Gasteiger partial charge in [-0.3, -0.25) is 8.75 Å². The van der Waals surface area contributed by atoms with Gasteiger partial charge in [-0.2, -0.15) is 0 Å². The molecule has 0 amide bonds. The monoisotopic (exact) mass is 273 g/mol. The van der Waals surface area contributed by atoms with Gasteiger partial charge in [-0.05, 0) is 36.2 Å². The lowest BCUT2D eigenvalue weighted by Crippen LogP contribution is -2.15. The molecule has 0 aliphatic heterocycles. The summed E-state index contributed by atoms with van der Waals surface area (Å²) < 4.78 is 2.19. The predicted molar refractivity (Wildman–Crippen MR) is 68.9 cm³/mol.